The Hall–Kier alpha value is -0.960. The van der Waals surface area contributed by atoms with Crippen molar-refractivity contribution in [1.82, 2.24) is 0 Å². The van der Waals surface area contributed by atoms with Crippen LogP contribution in [0.15, 0.2) is 18.2 Å². The van der Waals surface area contributed by atoms with Crippen molar-refractivity contribution in [2.24, 2.45) is 5.92 Å². The summed E-state index contributed by atoms with van der Waals surface area (Å²) >= 11 is 0. The molecule has 0 aliphatic heterocycles. The number of hydrogen-bond donors (Lipinski definition) is 1. The molecule has 1 aromatic rings. The molecule has 15 heavy (non-hydrogen) atoms. The maximum Gasteiger partial charge on any atom is 0.162 e. The van der Waals surface area contributed by atoms with E-state index in [1.165, 1.54) is 12.1 Å². The molecule has 0 radical (unpaired) electrons. The lowest BCUT2D eigenvalue weighted by molar-refractivity contribution is -0.0671. The molecule has 2 rings (SSSR count). The number of hydrogen-bond acceptors (Lipinski definition) is 1. The lowest BCUT2D eigenvalue weighted by Gasteiger charge is -2.42. The summed E-state index contributed by atoms with van der Waals surface area (Å²) in [6.07, 6.45) is 1.55. The molecule has 1 aliphatic carbocycles. The van der Waals surface area contributed by atoms with Gasteiger partial charge < -0.3 is 5.11 Å². The molecule has 0 atom stereocenters. The van der Waals surface area contributed by atoms with Crippen LogP contribution in [0.25, 0.3) is 0 Å². The molecule has 0 amide bonds. The highest BCUT2D eigenvalue weighted by atomic mass is 19.2. The van der Waals surface area contributed by atoms with Crippen LogP contribution in [0.5, 0.6) is 0 Å². The minimum Gasteiger partial charge on any atom is -0.390 e. The van der Waals surface area contributed by atoms with Gasteiger partial charge in [-0.05, 0) is 30.4 Å². The molecule has 0 heterocycles. The first-order valence-electron chi connectivity index (χ1n) is 5.15. The van der Waals surface area contributed by atoms with Gasteiger partial charge in [0.2, 0.25) is 0 Å². The first-order chi connectivity index (χ1) is 7.00. The van der Waals surface area contributed by atoms with E-state index in [4.69, 9.17) is 0 Å². The van der Waals surface area contributed by atoms with E-state index in [1.807, 2.05) is 6.92 Å². The average Bonchev–Trinajstić information content (AvgIpc) is 2.11. The summed E-state index contributed by atoms with van der Waals surface area (Å²) in [5.74, 6) is -1.19. The second-order valence-electron chi connectivity index (χ2n) is 4.63. The molecule has 0 bridgehead atoms. The molecule has 82 valence electrons. The summed E-state index contributed by atoms with van der Waals surface area (Å²) in [6.45, 7) is 2.04. The lowest BCUT2D eigenvalue weighted by atomic mass is 9.69. The van der Waals surface area contributed by atoms with Gasteiger partial charge in [0.25, 0.3) is 0 Å². The molecular weight excluding hydrogens is 198 g/mol. The van der Waals surface area contributed by atoms with Crippen LogP contribution in [0.3, 0.4) is 0 Å². The van der Waals surface area contributed by atoms with Crippen LogP contribution in [0.4, 0.5) is 8.78 Å². The maximum absolute atomic E-state index is 13.3. The Kier molecular flexibility index (Phi) is 2.51. The predicted octanol–water partition coefficient (Wildman–Crippen LogP) is 2.67. The summed E-state index contributed by atoms with van der Waals surface area (Å²) < 4.78 is 26.2. The van der Waals surface area contributed by atoms with Crippen molar-refractivity contribution in [1.29, 1.82) is 0 Å². The van der Waals surface area contributed by atoms with Crippen molar-refractivity contribution in [2.45, 2.75) is 31.8 Å². The van der Waals surface area contributed by atoms with E-state index in [-0.39, 0.29) is 12.0 Å². The first-order valence-corrected chi connectivity index (χ1v) is 5.15. The van der Waals surface area contributed by atoms with Gasteiger partial charge >= 0.3 is 0 Å². The second kappa shape index (κ2) is 3.56. The van der Waals surface area contributed by atoms with Gasteiger partial charge in [0.05, 0.1) is 5.60 Å². The third-order valence-electron chi connectivity index (χ3n) is 3.01. The van der Waals surface area contributed by atoms with Gasteiger partial charge in [-0.1, -0.05) is 19.1 Å². The van der Waals surface area contributed by atoms with Gasteiger partial charge in [-0.2, -0.15) is 0 Å². The molecular formula is C12H14F2O. The van der Waals surface area contributed by atoms with E-state index < -0.39 is 17.2 Å². The number of aliphatic hydroxyl groups is 1. The molecule has 3 heteroatoms. The standard InChI is InChI=1S/C12H14F2O/c1-8-5-12(15,6-8)7-9-3-2-4-10(13)11(9)14/h2-4,8,15H,5-7H2,1H3. The lowest BCUT2D eigenvalue weighted by Crippen LogP contribution is -2.44. The molecule has 1 nitrogen and oxygen atoms in total. The SMILES string of the molecule is CC1CC(O)(Cc2cccc(F)c2F)C1. The maximum atomic E-state index is 13.3. The zero-order valence-corrected chi connectivity index (χ0v) is 8.63. The highest BCUT2D eigenvalue weighted by molar-refractivity contribution is 5.21. The van der Waals surface area contributed by atoms with Gasteiger partial charge in [0, 0.05) is 6.42 Å². The van der Waals surface area contributed by atoms with Crippen LogP contribution < -0.4 is 0 Å². The molecule has 1 aliphatic rings. The van der Waals surface area contributed by atoms with Crippen LogP contribution >= 0.6 is 0 Å². The van der Waals surface area contributed by atoms with Crippen LogP contribution in [0.1, 0.15) is 25.3 Å². The van der Waals surface area contributed by atoms with Crippen molar-refractivity contribution in [3.8, 4) is 0 Å². The number of halogens is 2. The number of rotatable bonds is 2. The summed E-state index contributed by atoms with van der Waals surface area (Å²) in [4.78, 5) is 0. The minimum absolute atomic E-state index is 0.209. The molecule has 1 aromatic carbocycles. The average molecular weight is 212 g/mol. The normalized spacial score (nSPS) is 30.0. The van der Waals surface area contributed by atoms with Crippen LogP contribution in [0, 0.1) is 17.6 Å². The molecule has 1 saturated carbocycles. The highest BCUT2D eigenvalue weighted by Crippen LogP contribution is 2.40. The van der Waals surface area contributed by atoms with Crippen LogP contribution in [-0.4, -0.2) is 10.7 Å². The van der Waals surface area contributed by atoms with Gasteiger partial charge in [-0.25, -0.2) is 8.78 Å². The van der Waals surface area contributed by atoms with Gasteiger partial charge in [0.15, 0.2) is 11.6 Å². The summed E-state index contributed by atoms with van der Waals surface area (Å²) in [5.41, 5.74) is -0.557. The van der Waals surface area contributed by atoms with Crippen molar-refractivity contribution >= 4 is 0 Å². The second-order valence-corrected chi connectivity index (χ2v) is 4.63. The Balaban J connectivity index is 2.15. The monoisotopic (exact) mass is 212 g/mol. The Bertz CT molecular complexity index is 370. The molecule has 0 unspecified atom stereocenters. The fraction of sp³-hybridized carbons (Fsp3) is 0.500. The summed E-state index contributed by atoms with van der Waals surface area (Å²) in [5, 5.41) is 9.96. The highest BCUT2D eigenvalue weighted by Gasteiger charge is 2.40. The van der Waals surface area contributed by atoms with Gasteiger partial charge in [-0.3, -0.25) is 0 Å². The largest absolute Gasteiger partial charge is 0.390 e. The molecule has 1 fully saturated rings. The number of benzene rings is 1. The van der Waals surface area contributed by atoms with E-state index >= 15 is 0 Å². The van der Waals surface area contributed by atoms with Crippen molar-refractivity contribution in [3.05, 3.63) is 35.4 Å². The summed E-state index contributed by atoms with van der Waals surface area (Å²) in [6, 6.07) is 4.09. The molecule has 0 saturated heterocycles. The minimum atomic E-state index is -0.844. The topological polar surface area (TPSA) is 20.2 Å². The smallest absolute Gasteiger partial charge is 0.162 e. The Labute approximate surface area is 87.7 Å². The zero-order chi connectivity index (χ0) is 11.1. The third kappa shape index (κ3) is 2.02. The summed E-state index contributed by atoms with van der Waals surface area (Å²) in [7, 11) is 0. The van der Waals surface area contributed by atoms with E-state index in [0.29, 0.717) is 18.8 Å². The van der Waals surface area contributed by atoms with E-state index in [0.717, 1.165) is 6.07 Å². The Morgan fingerprint density at radius 1 is 1.40 bits per heavy atom. The third-order valence-corrected chi connectivity index (χ3v) is 3.01. The fourth-order valence-electron chi connectivity index (χ4n) is 2.42. The van der Waals surface area contributed by atoms with Crippen molar-refractivity contribution in [3.63, 3.8) is 0 Å². The van der Waals surface area contributed by atoms with Crippen LogP contribution in [-0.2, 0) is 6.42 Å². The van der Waals surface area contributed by atoms with Crippen LogP contribution in [0.2, 0.25) is 0 Å². The molecule has 0 spiro atoms. The Morgan fingerprint density at radius 3 is 2.67 bits per heavy atom. The van der Waals surface area contributed by atoms with E-state index in [2.05, 4.69) is 0 Å². The van der Waals surface area contributed by atoms with Crippen molar-refractivity contribution < 1.29 is 13.9 Å². The molecule has 0 aromatic heterocycles. The van der Waals surface area contributed by atoms with Gasteiger partial charge in [-0.15, -0.1) is 0 Å². The van der Waals surface area contributed by atoms with E-state index in [9.17, 15) is 13.9 Å². The van der Waals surface area contributed by atoms with Crippen molar-refractivity contribution in [2.75, 3.05) is 0 Å². The fourth-order valence-corrected chi connectivity index (χ4v) is 2.42. The quantitative estimate of drug-likeness (QED) is 0.799. The molecule has 1 N–H and O–H groups in total. The zero-order valence-electron chi connectivity index (χ0n) is 8.63. The first kappa shape index (κ1) is 10.6. The van der Waals surface area contributed by atoms with Gasteiger partial charge in [0.1, 0.15) is 0 Å². The van der Waals surface area contributed by atoms with E-state index in [1.54, 1.807) is 0 Å². The Morgan fingerprint density at radius 2 is 2.07 bits per heavy atom. The predicted molar refractivity (Wildman–Crippen MR) is 53.4 cm³/mol.